The van der Waals surface area contributed by atoms with Crippen LogP contribution in [-0.4, -0.2) is 6.26 Å². The summed E-state index contributed by atoms with van der Waals surface area (Å²) in [5.41, 5.74) is 2.05. The SMILES string of the molecule is CSc1c(C)ccc2scc(C#N)c12. The zero-order valence-corrected chi connectivity index (χ0v) is 9.63. The first-order chi connectivity index (χ1) is 6.77. The van der Waals surface area contributed by atoms with Crippen LogP contribution in [0.2, 0.25) is 0 Å². The Morgan fingerprint density at radius 2 is 2.21 bits per heavy atom. The molecule has 1 aromatic heterocycles. The number of hydrogen-bond acceptors (Lipinski definition) is 3. The Balaban J connectivity index is 2.90. The summed E-state index contributed by atoms with van der Waals surface area (Å²) in [4.78, 5) is 1.24. The first-order valence-corrected chi connectivity index (χ1v) is 6.33. The largest absolute Gasteiger partial charge is 0.192 e. The molecule has 0 aliphatic rings. The smallest absolute Gasteiger partial charge is 0.101 e. The minimum Gasteiger partial charge on any atom is -0.192 e. The third-order valence-corrected chi connectivity index (χ3v) is 4.10. The third kappa shape index (κ3) is 1.31. The number of aryl methyl sites for hydroxylation is 1. The Labute approximate surface area is 91.4 Å². The van der Waals surface area contributed by atoms with E-state index in [1.807, 2.05) is 5.38 Å². The monoisotopic (exact) mass is 219 g/mol. The topological polar surface area (TPSA) is 23.8 Å². The van der Waals surface area contributed by atoms with Crippen LogP contribution in [0, 0.1) is 18.3 Å². The van der Waals surface area contributed by atoms with Gasteiger partial charge in [-0.15, -0.1) is 23.1 Å². The molecule has 0 N–H and O–H groups in total. The van der Waals surface area contributed by atoms with Crippen molar-refractivity contribution in [3.8, 4) is 6.07 Å². The molecule has 0 atom stereocenters. The highest BCUT2D eigenvalue weighted by Crippen LogP contribution is 2.35. The molecule has 2 rings (SSSR count). The van der Waals surface area contributed by atoms with Crippen molar-refractivity contribution in [2.24, 2.45) is 0 Å². The standard InChI is InChI=1S/C11H9NS2/c1-7-3-4-9-10(11(7)13-2)8(5-12)6-14-9/h3-4,6H,1-2H3. The predicted molar refractivity (Wildman–Crippen MR) is 63.1 cm³/mol. The van der Waals surface area contributed by atoms with Crippen LogP contribution in [0.1, 0.15) is 11.1 Å². The number of fused-ring (bicyclic) bond motifs is 1. The molecule has 0 fully saturated rings. The molecular weight excluding hydrogens is 210 g/mol. The lowest BCUT2D eigenvalue weighted by Crippen LogP contribution is -1.81. The molecular formula is C11H9NS2. The van der Waals surface area contributed by atoms with E-state index >= 15 is 0 Å². The third-order valence-electron chi connectivity index (χ3n) is 2.21. The fourth-order valence-electron chi connectivity index (χ4n) is 1.55. The van der Waals surface area contributed by atoms with Gasteiger partial charge in [0, 0.05) is 20.4 Å². The molecule has 0 spiro atoms. The second-order valence-corrected chi connectivity index (χ2v) is 4.78. The molecule has 2 aromatic rings. The van der Waals surface area contributed by atoms with Gasteiger partial charge in [0.2, 0.25) is 0 Å². The molecule has 0 radical (unpaired) electrons. The van der Waals surface area contributed by atoms with Gasteiger partial charge in [0.25, 0.3) is 0 Å². The summed E-state index contributed by atoms with van der Waals surface area (Å²) < 4.78 is 1.21. The second-order valence-electron chi connectivity index (χ2n) is 3.05. The zero-order chi connectivity index (χ0) is 10.1. The lowest BCUT2D eigenvalue weighted by atomic mass is 10.1. The quantitative estimate of drug-likeness (QED) is 0.681. The molecule has 0 saturated carbocycles. The van der Waals surface area contributed by atoms with Crippen molar-refractivity contribution in [3.63, 3.8) is 0 Å². The highest BCUT2D eigenvalue weighted by Gasteiger charge is 2.09. The van der Waals surface area contributed by atoms with Crippen LogP contribution in [-0.2, 0) is 0 Å². The van der Waals surface area contributed by atoms with Gasteiger partial charge in [-0.3, -0.25) is 0 Å². The van der Waals surface area contributed by atoms with E-state index in [9.17, 15) is 0 Å². The van der Waals surface area contributed by atoms with Crippen LogP contribution in [0.3, 0.4) is 0 Å². The second kappa shape index (κ2) is 3.64. The zero-order valence-electron chi connectivity index (χ0n) is 8.00. The van der Waals surface area contributed by atoms with Crippen molar-refractivity contribution in [3.05, 3.63) is 28.6 Å². The van der Waals surface area contributed by atoms with E-state index in [-0.39, 0.29) is 0 Å². The van der Waals surface area contributed by atoms with Crippen molar-refractivity contribution in [1.82, 2.24) is 0 Å². The first-order valence-electron chi connectivity index (χ1n) is 4.23. The number of nitrogens with zero attached hydrogens (tertiary/aromatic N) is 1. The van der Waals surface area contributed by atoms with Gasteiger partial charge >= 0.3 is 0 Å². The van der Waals surface area contributed by atoms with Gasteiger partial charge in [-0.2, -0.15) is 5.26 Å². The maximum atomic E-state index is 8.98. The van der Waals surface area contributed by atoms with Crippen molar-refractivity contribution >= 4 is 33.2 Å². The number of thioether (sulfide) groups is 1. The van der Waals surface area contributed by atoms with E-state index in [4.69, 9.17) is 5.26 Å². The molecule has 1 nitrogen and oxygen atoms in total. The Kier molecular flexibility index (Phi) is 2.49. The van der Waals surface area contributed by atoms with E-state index in [1.165, 1.54) is 15.2 Å². The molecule has 1 heterocycles. The Bertz CT molecular complexity index is 520. The Morgan fingerprint density at radius 1 is 1.43 bits per heavy atom. The summed E-state index contributed by atoms with van der Waals surface area (Å²) in [5, 5.41) is 12.0. The van der Waals surface area contributed by atoms with Crippen LogP contribution in [0.5, 0.6) is 0 Å². The Hall–Kier alpha value is -0.980. The van der Waals surface area contributed by atoms with Crippen molar-refractivity contribution in [2.45, 2.75) is 11.8 Å². The maximum absolute atomic E-state index is 8.98. The summed E-state index contributed by atoms with van der Waals surface area (Å²) >= 11 is 3.36. The first kappa shape index (κ1) is 9.57. The molecule has 0 unspecified atom stereocenters. The average Bonchev–Trinajstić information content (AvgIpc) is 2.61. The summed E-state index contributed by atoms with van der Waals surface area (Å²) in [6.45, 7) is 2.09. The van der Waals surface area contributed by atoms with Crippen LogP contribution in [0.15, 0.2) is 22.4 Å². The molecule has 0 aliphatic heterocycles. The van der Waals surface area contributed by atoms with E-state index in [1.54, 1.807) is 23.1 Å². The molecule has 0 saturated heterocycles. The summed E-state index contributed by atoms with van der Waals surface area (Å²) in [5.74, 6) is 0. The van der Waals surface area contributed by atoms with Crippen LogP contribution in [0.25, 0.3) is 10.1 Å². The maximum Gasteiger partial charge on any atom is 0.101 e. The summed E-state index contributed by atoms with van der Waals surface area (Å²) in [7, 11) is 0. The molecule has 3 heteroatoms. The van der Waals surface area contributed by atoms with Gasteiger partial charge in [0.05, 0.1) is 5.56 Å². The van der Waals surface area contributed by atoms with Gasteiger partial charge in [0.1, 0.15) is 6.07 Å². The summed E-state index contributed by atoms with van der Waals surface area (Å²) in [6.07, 6.45) is 2.06. The number of hydrogen-bond donors (Lipinski definition) is 0. The molecule has 70 valence electrons. The lowest BCUT2D eigenvalue weighted by molar-refractivity contribution is 1.36. The van der Waals surface area contributed by atoms with Crippen LogP contribution >= 0.6 is 23.1 Å². The van der Waals surface area contributed by atoms with E-state index < -0.39 is 0 Å². The number of benzene rings is 1. The van der Waals surface area contributed by atoms with Gasteiger partial charge in [-0.25, -0.2) is 0 Å². The van der Waals surface area contributed by atoms with E-state index in [0.29, 0.717) is 0 Å². The van der Waals surface area contributed by atoms with Crippen molar-refractivity contribution < 1.29 is 0 Å². The molecule has 1 aromatic carbocycles. The molecule has 0 amide bonds. The van der Waals surface area contributed by atoms with Crippen LogP contribution < -0.4 is 0 Å². The minimum absolute atomic E-state index is 0.804. The predicted octanol–water partition coefficient (Wildman–Crippen LogP) is 3.80. The number of rotatable bonds is 1. The highest BCUT2D eigenvalue weighted by atomic mass is 32.2. The lowest BCUT2D eigenvalue weighted by Gasteiger charge is -2.03. The van der Waals surface area contributed by atoms with Crippen molar-refractivity contribution in [2.75, 3.05) is 6.26 Å². The van der Waals surface area contributed by atoms with Crippen molar-refractivity contribution in [1.29, 1.82) is 5.26 Å². The minimum atomic E-state index is 0.804. The number of nitriles is 1. The van der Waals surface area contributed by atoms with Crippen LogP contribution in [0.4, 0.5) is 0 Å². The fourth-order valence-corrected chi connectivity index (χ4v) is 3.32. The van der Waals surface area contributed by atoms with Gasteiger partial charge in [-0.1, -0.05) is 6.07 Å². The van der Waals surface area contributed by atoms with Gasteiger partial charge in [0.15, 0.2) is 0 Å². The highest BCUT2D eigenvalue weighted by molar-refractivity contribution is 7.98. The van der Waals surface area contributed by atoms with Gasteiger partial charge < -0.3 is 0 Å². The average molecular weight is 219 g/mol. The molecule has 0 bridgehead atoms. The fraction of sp³-hybridized carbons (Fsp3) is 0.182. The normalized spacial score (nSPS) is 10.4. The summed E-state index contributed by atoms with van der Waals surface area (Å²) in [6, 6.07) is 6.46. The Morgan fingerprint density at radius 3 is 2.86 bits per heavy atom. The van der Waals surface area contributed by atoms with Gasteiger partial charge in [-0.05, 0) is 24.8 Å². The van der Waals surface area contributed by atoms with E-state index in [2.05, 4.69) is 31.4 Å². The van der Waals surface area contributed by atoms with E-state index in [0.717, 1.165) is 10.9 Å². The molecule has 0 aliphatic carbocycles. The molecule has 14 heavy (non-hydrogen) atoms. The number of thiophene rings is 1.